The number of benzene rings is 2. The normalized spacial score (nSPS) is 11.8. The number of rotatable bonds is 8. The minimum Gasteiger partial charge on any atom is -0.497 e. The van der Waals surface area contributed by atoms with Gasteiger partial charge < -0.3 is 10.1 Å². The van der Waals surface area contributed by atoms with Crippen molar-refractivity contribution in [1.82, 2.24) is 10.3 Å². The highest BCUT2D eigenvalue weighted by atomic mass is 32.2. The number of amides is 1. The number of thiazole rings is 1. The first-order valence-corrected chi connectivity index (χ1v) is 10.5. The van der Waals surface area contributed by atoms with Gasteiger partial charge in [0.25, 0.3) is 0 Å². The number of aromatic nitrogens is 1. The third-order valence-corrected chi connectivity index (χ3v) is 6.14. The fourth-order valence-electron chi connectivity index (χ4n) is 2.52. The van der Waals surface area contributed by atoms with Gasteiger partial charge in [0.15, 0.2) is 4.34 Å². The van der Waals surface area contributed by atoms with Gasteiger partial charge in [-0.1, -0.05) is 54.2 Å². The van der Waals surface area contributed by atoms with E-state index in [9.17, 15) is 4.79 Å². The SMILES string of the molecule is COc1ccc(CCNC(=O)[C@H](C)Sc2nc(-c3ccccc3)cs2)cc1. The Bertz CT molecular complexity index is 863. The van der Waals surface area contributed by atoms with Gasteiger partial charge >= 0.3 is 0 Å². The van der Waals surface area contributed by atoms with Gasteiger partial charge in [-0.2, -0.15) is 0 Å². The first-order chi connectivity index (χ1) is 13.2. The Kier molecular flexibility index (Phi) is 6.90. The van der Waals surface area contributed by atoms with Crippen molar-refractivity contribution in [1.29, 1.82) is 0 Å². The largest absolute Gasteiger partial charge is 0.497 e. The Balaban J connectivity index is 1.47. The summed E-state index contributed by atoms with van der Waals surface area (Å²) in [5.74, 6) is 0.871. The number of carbonyl (C=O) groups is 1. The fraction of sp³-hybridized carbons (Fsp3) is 0.238. The molecule has 0 aliphatic rings. The second-order valence-corrected chi connectivity index (χ2v) is 8.46. The monoisotopic (exact) mass is 398 g/mol. The average molecular weight is 399 g/mol. The van der Waals surface area contributed by atoms with Crippen LogP contribution in [0.4, 0.5) is 0 Å². The van der Waals surface area contributed by atoms with Gasteiger partial charge in [-0.3, -0.25) is 4.79 Å². The predicted octanol–water partition coefficient (Wildman–Crippen LogP) is 4.66. The molecular formula is C21H22N2O2S2. The van der Waals surface area contributed by atoms with Crippen LogP contribution in [0.25, 0.3) is 11.3 Å². The van der Waals surface area contributed by atoms with Crippen LogP contribution in [0.1, 0.15) is 12.5 Å². The second-order valence-electron chi connectivity index (χ2n) is 6.01. The highest BCUT2D eigenvalue weighted by molar-refractivity contribution is 8.02. The third-order valence-electron chi connectivity index (χ3n) is 4.07. The molecule has 1 amide bonds. The maximum Gasteiger partial charge on any atom is 0.233 e. The number of hydrogen-bond donors (Lipinski definition) is 1. The van der Waals surface area contributed by atoms with E-state index in [0.29, 0.717) is 6.54 Å². The topological polar surface area (TPSA) is 51.2 Å². The molecule has 6 heteroatoms. The number of hydrogen-bond acceptors (Lipinski definition) is 5. The van der Waals surface area contributed by atoms with Gasteiger partial charge in [-0.05, 0) is 31.0 Å². The maximum atomic E-state index is 12.3. The van der Waals surface area contributed by atoms with E-state index in [4.69, 9.17) is 4.74 Å². The zero-order chi connectivity index (χ0) is 19.1. The molecule has 0 aliphatic carbocycles. The van der Waals surface area contributed by atoms with E-state index in [1.807, 2.05) is 66.9 Å². The van der Waals surface area contributed by atoms with Gasteiger partial charge in [0.05, 0.1) is 18.1 Å². The Morgan fingerprint density at radius 3 is 2.63 bits per heavy atom. The van der Waals surface area contributed by atoms with Crippen LogP contribution in [0.5, 0.6) is 5.75 Å². The molecular weight excluding hydrogens is 376 g/mol. The Hall–Kier alpha value is -2.31. The van der Waals surface area contributed by atoms with E-state index in [1.54, 1.807) is 18.4 Å². The summed E-state index contributed by atoms with van der Waals surface area (Å²) in [6.07, 6.45) is 0.794. The van der Waals surface area contributed by atoms with E-state index >= 15 is 0 Å². The summed E-state index contributed by atoms with van der Waals surface area (Å²) in [6, 6.07) is 18.0. The molecule has 0 bridgehead atoms. The molecule has 140 valence electrons. The van der Waals surface area contributed by atoms with Gasteiger partial charge in [0.2, 0.25) is 5.91 Å². The first-order valence-electron chi connectivity index (χ1n) is 8.74. The molecule has 0 radical (unpaired) electrons. The van der Waals surface area contributed by atoms with Crippen LogP contribution in [0.15, 0.2) is 64.3 Å². The molecule has 0 saturated carbocycles. The van der Waals surface area contributed by atoms with E-state index in [-0.39, 0.29) is 11.2 Å². The number of ether oxygens (including phenoxy) is 1. The number of carbonyl (C=O) groups excluding carboxylic acids is 1. The average Bonchev–Trinajstić information content (AvgIpc) is 3.17. The van der Waals surface area contributed by atoms with Crippen LogP contribution in [0.3, 0.4) is 0 Å². The quantitative estimate of drug-likeness (QED) is 0.561. The molecule has 2 aromatic carbocycles. The molecule has 1 N–H and O–H groups in total. The molecule has 0 spiro atoms. The Morgan fingerprint density at radius 1 is 1.19 bits per heavy atom. The zero-order valence-corrected chi connectivity index (χ0v) is 17.0. The van der Waals surface area contributed by atoms with E-state index in [1.165, 1.54) is 17.3 Å². The molecule has 0 saturated heterocycles. The third kappa shape index (κ3) is 5.58. The highest BCUT2D eigenvalue weighted by Crippen LogP contribution is 2.30. The molecule has 1 aromatic heterocycles. The zero-order valence-electron chi connectivity index (χ0n) is 15.3. The van der Waals surface area contributed by atoms with Crippen molar-refractivity contribution in [2.45, 2.75) is 22.9 Å². The van der Waals surface area contributed by atoms with Gasteiger partial charge in [-0.25, -0.2) is 4.98 Å². The van der Waals surface area contributed by atoms with Crippen molar-refractivity contribution >= 4 is 29.0 Å². The molecule has 0 fully saturated rings. The second kappa shape index (κ2) is 9.58. The Morgan fingerprint density at radius 2 is 1.93 bits per heavy atom. The minimum atomic E-state index is -0.185. The van der Waals surface area contributed by atoms with Crippen molar-refractivity contribution in [2.75, 3.05) is 13.7 Å². The molecule has 1 heterocycles. The van der Waals surface area contributed by atoms with Crippen molar-refractivity contribution < 1.29 is 9.53 Å². The summed E-state index contributed by atoms with van der Waals surface area (Å²) in [6.45, 7) is 2.53. The number of nitrogens with zero attached hydrogens (tertiary/aromatic N) is 1. The van der Waals surface area contributed by atoms with Crippen LogP contribution in [0, 0.1) is 0 Å². The predicted molar refractivity (Wildman–Crippen MR) is 113 cm³/mol. The van der Waals surface area contributed by atoms with E-state index in [0.717, 1.165) is 27.8 Å². The summed E-state index contributed by atoms with van der Waals surface area (Å²) >= 11 is 3.07. The fourth-order valence-corrected chi connectivity index (χ4v) is 4.52. The molecule has 27 heavy (non-hydrogen) atoms. The summed E-state index contributed by atoms with van der Waals surface area (Å²) in [5, 5.41) is 4.85. The van der Waals surface area contributed by atoms with E-state index in [2.05, 4.69) is 10.3 Å². The van der Waals surface area contributed by atoms with Crippen LogP contribution in [0.2, 0.25) is 0 Å². The summed E-state index contributed by atoms with van der Waals surface area (Å²) < 4.78 is 6.06. The van der Waals surface area contributed by atoms with Gasteiger partial charge in [0.1, 0.15) is 5.75 Å². The van der Waals surface area contributed by atoms with Crippen LogP contribution < -0.4 is 10.1 Å². The molecule has 3 rings (SSSR count). The van der Waals surface area contributed by atoms with Gasteiger partial charge in [-0.15, -0.1) is 11.3 Å². The molecule has 4 nitrogen and oxygen atoms in total. The number of methoxy groups -OCH3 is 1. The van der Waals surface area contributed by atoms with Crippen LogP contribution in [-0.4, -0.2) is 29.8 Å². The van der Waals surface area contributed by atoms with Crippen molar-refractivity contribution in [3.63, 3.8) is 0 Å². The highest BCUT2D eigenvalue weighted by Gasteiger charge is 2.16. The van der Waals surface area contributed by atoms with Crippen LogP contribution >= 0.6 is 23.1 Å². The first kappa shape index (κ1) is 19.5. The van der Waals surface area contributed by atoms with Gasteiger partial charge in [0, 0.05) is 17.5 Å². The lowest BCUT2D eigenvalue weighted by Crippen LogP contribution is -2.32. The standard InChI is InChI=1S/C21H22N2O2S2/c1-15(20(24)22-13-12-16-8-10-18(25-2)11-9-16)27-21-23-19(14-26-21)17-6-4-3-5-7-17/h3-11,14-15H,12-13H2,1-2H3,(H,22,24)/t15-/m0/s1. The lowest BCUT2D eigenvalue weighted by Gasteiger charge is -2.10. The molecule has 0 unspecified atom stereocenters. The Labute approximate surface area is 168 Å². The van der Waals surface area contributed by atoms with Crippen LogP contribution in [-0.2, 0) is 11.2 Å². The lowest BCUT2D eigenvalue weighted by molar-refractivity contribution is -0.120. The smallest absolute Gasteiger partial charge is 0.233 e. The molecule has 3 aromatic rings. The lowest BCUT2D eigenvalue weighted by atomic mass is 10.1. The molecule has 0 aliphatic heterocycles. The summed E-state index contributed by atoms with van der Waals surface area (Å²) in [7, 11) is 1.65. The van der Waals surface area contributed by atoms with Crippen molar-refractivity contribution in [3.8, 4) is 17.0 Å². The minimum absolute atomic E-state index is 0.0324. The van der Waals surface area contributed by atoms with Crippen molar-refractivity contribution in [2.24, 2.45) is 0 Å². The summed E-state index contributed by atoms with van der Waals surface area (Å²) in [4.78, 5) is 17.0. The van der Waals surface area contributed by atoms with E-state index < -0.39 is 0 Å². The molecule has 1 atom stereocenters. The summed E-state index contributed by atoms with van der Waals surface area (Å²) in [5.41, 5.74) is 3.22. The maximum absolute atomic E-state index is 12.3. The number of nitrogens with one attached hydrogen (secondary N) is 1. The van der Waals surface area contributed by atoms with Crippen molar-refractivity contribution in [3.05, 3.63) is 65.5 Å². The number of thioether (sulfide) groups is 1.